The molecule has 0 radical (unpaired) electrons. The maximum absolute atomic E-state index is 5.89. The molecule has 0 aromatic heterocycles. The van der Waals surface area contributed by atoms with Gasteiger partial charge in [0, 0.05) is 23.7 Å². The Kier molecular flexibility index (Phi) is 4.96. The maximum Gasteiger partial charge on any atom is 0.120 e. The molecule has 0 aliphatic carbocycles. The maximum atomic E-state index is 5.89. The van der Waals surface area contributed by atoms with Crippen LogP contribution in [-0.4, -0.2) is 23.0 Å². The Morgan fingerprint density at radius 1 is 1.09 bits per heavy atom. The summed E-state index contributed by atoms with van der Waals surface area (Å²) in [6, 6.07) is 15.7. The highest BCUT2D eigenvalue weighted by atomic mass is 35.5. The summed E-state index contributed by atoms with van der Waals surface area (Å²) in [5, 5.41) is 0.738. The predicted octanol–water partition coefficient (Wildman–Crippen LogP) is 4.69. The van der Waals surface area contributed by atoms with E-state index < -0.39 is 0 Å². The van der Waals surface area contributed by atoms with Crippen molar-refractivity contribution >= 4 is 28.8 Å². The van der Waals surface area contributed by atoms with E-state index in [-0.39, 0.29) is 0 Å². The zero-order valence-corrected chi connectivity index (χ0v) is 13.9. The molecule has 0 amide bonds. The van der Waals surface area contributed by atoms with Crippen molar-refractivity contribution in [2.75, 3.05) is 13.1 Å². The molecular formula is C18H18ClNOS. The van der Waals surface area contributed by atoms with Crippen LogP contribution in [-0.2, 0) is 6.61 Å². The average Bonchev–Trinajstić information content (AvgIpc) is 3.08. The van der Waals surface area contributed by atoms with Gasteiger partial charge in [0.1, 0.15) is 17.3 Å². The van der Waals surface area contributed by atoms with Crippen LogP contribution >= 0.6 is 23.8 Å². The summed E-state index contributed by atoms with van der Waals surface area (Å²) in [6.07, 6.45) is 2.46. The number of hydrogen-bond donors (Lipinski definition) is 0. The van der Waals surface area contributed by atoms with Gasteiger partial charge in [-0.05, 0) is 42.7 Å². The van der Waals surface area contributed by atoms with E-state index in [2.05, 4.69) is 11.0 Å². The largest absolute Gasteiger partial charge is 0.489 e. The molecule has 2 aromatic rings. The molecule has 2 nitrogen and oxygen atoms in total. The fraction of sp³-hybridized carbons (Fsp3) is 0.278. The standard InChI is InChI=1S/C18H18ClNOS/c19-16-8-6-14(7-9-16)13-21-17-5-3-4-15(12-17)18(22)20-10-1-2-11-20/h3-9,12H,1-2,10-11,13H2. The van der Waals surface area contributed by atoms with Crippen LogP contribution in [0.15, 0.2) is 48.5 Å². The van der Waals surface area contributed by atoms with Crippen LogP contribution < -0.4 is 4.74 Å². The Hall–Kier alpha value is -1.58. The molecule has 114 valence electrons. The van der Waals surface area contributed by atoms with Crippen LogP contribution in [0.25, 0.3) is 0 Å². The summed E-state index contributed by atoms with van der Waals surface area (Å²) >= 11 is 11.5. The number of benzene rings is 2. The minimum absolute atomic E-state index is 0.525. The second-order valence-electron chi connectivity index (χ2n) is 5.44. The molecule has 0 N–H and O–H groups in total. The number of rotatable bonds is 4. The van der Waals surface area contributed by atoms with Crippen molar-refractivity contribution in [2.45, 2.75) is 19.4 Å². The fourth-order valence-electron chi connectivity index (χ4n) is 2.57. The van der Waals surface area contributed by atoms with E-state index in [0.717, 1.165) is 40.0 Å². The topological polar surface area (TPSA) is 12.5 Å². The molecule has 4 heteroatoms. The first-order valence-corrected chi connectivity index (χ1v) is 8.27. The van der Waals surface area contributed by atoms with Crippen molar-refractivity contribution in [3.63, 3.8) is 0 Å². The number of thiocarbonyl (C=S) groups is 1. The van der Waals surface area contributed by atoms with Gasteiger partial charge in [0.25, 0.3) is 0 Å². The summed E-state index contributed by atoms with van der Waals surface area (Å²) in [7, 11) is 0. The first kappa shape index (κ1) is 15.3. The average molecular weight is 332 g/mol. The Morgan fingerprint density at radius 3 is 2.55 bits per heavy atom. The minimum atomic E-state index is 0.525. The highest BCUT2D eigenvalue weighted by Gasteiger charge is 2.16. The van der Waals surface area contributed by atoms with Gasteiger partial charge < -0.3 is 9.64 Å². The number of nitrogens with zero attached hydrogens (tertiary/aromatic N) is 1. The molecule has 1 aliphatic heterocycles. The Morgan fingerprint density at radius 2 is 1.82 bits per heavy atom. The lowest BCUT2D eigenvalue weighted by Gasteiger charge is -2.19. The molecule has 0 spiro atoms. The van der Waals surface area contributed by atoms with Gasteiger partial charge in [-0.15, -0.1) is 0 Å². The van der Waals surface area contributed by atoms with Gasteiger partial charge in [0.2, 0.25) is 0 Å². The quantitative estimate of drug-likeness (QED) is 0.754. The normalized spacial score (nSPS) is 14.1. The van der Waals surface area contributed by atoms with Gasteiger partial charge in [-0.1, -0.05) is 48.1 Å². The van der Waals surface area contributed by atoms with Crippen molar-refractivity contribution in [1.82, 2.24) is 4.90 Å². The third-order valence-electron chi connectivity index (χ3n) is 3.79. The molecule has 3 rings (SSSR count). The molecule has 1 aliphatic rings. The lowest BCUT2D eigenvalue weighted by molar-refractivity contribution is 0.306. The Balaban J connectivity index is 1.65. The second kappa shape index (κ2) is 7.12. The minimum Gasteiger partial charge on any atom is -0.489 e. The molecule has 0 bridgehead atoms. The van der Waals surface area contributed by atoms with Crippen LogP contribution in [0.3, 0.4) is 0 Å². The SMILES string of the molecule is S=C(c1cccc(OCc2ccc(Cl)cc2)c1)N1CCCC1. The Labute approximate surface area is 141 Å². The molecule has 22 heavy (non-hydrogen) atoms. The first-order valence-electron chi connectivity index (χ1n) is 7.49. The lowest BCUT2D eigenvalue weighted by atomic mass is 10.2. The third kappa shape index (κ3) is 3.79. The van der Waals surface area contributed by atoms with E-state index in [1.807, 2.05) is 42.5 Å². The molecule has 0 atom stereocenters. The van der Waals surface area contributed by atoms with Crippen LogP contribution in [0.4, 0.5) is 0 Å². The number of likely N-dealkylation sites (tertiary alicyclic amines) is 1. The molecule has 2 aromatic carbocycles. The molecular weight excluding hydrogens is 314 g/mol. The highest BCUT2D eigenvalue weighted by molar-refractivity contribution is 7.80. The van der Waals surface area contributed by atoms with E-state index >= 15 is 0 Å². The van der Waals surface area contributed by atoms with Crippen molar-refractivity contribution < 1.29 is 4.74 Å². The zero-order chi connectivity index (χ0) is 15.4. The monoisotopic (exact) mass is 331 g/mol. The van der Waals surface area contributed by atoms with Gasteiger partial charge in [-0.25, -0.2) is 0 Å². The number of hydrogen-bond acceptors (Lipinski definition) is 2. The summed E-state index contributed by atoms with van der Waals surface area (Å²) < 4.78 is 5.86. The van der Waals surface area contributed by atoms with E-state index in [0.29, 0.717) is 6.61 Å². The second-order valence-corrected chi connectivity index (χ2v) is 6.27. The summed E-state index contributed by atoms with van der Waals surface area (Å²) in [5.41, 5.74) is 2.16. The predicted molar refractivity (Wildman–Crippen MR) is 94.7 cm³/mol. The summed E-state index contributed by atoms with van der Waals surface area (Å²) in [6.45, 7) is 2.65. The molecule has 0 saturated carbocycles. The van der Waals surface area contributed by atoms with Gasteiger partial charge in [0.05, 0.1) is 0 Å². The van der Waals surface area contributed by atoms with Crippen molar-refractivity contribution in [1.29, 1.82) is 0 Å². The van der Waals surface area contributed by atoms with Crippen molar-refractivity contribution in [2.24, 2.45) is 0 Å². The van der Waals surface area contributed by atoms with E-state index in [4.69, 9.17) is 28.6 Å². The Bertz CT molecular complexity index is 650. The first-order chi connectivity index (χ1) is 10.7. The lowest BCUT2D eigenvalue weighted by Crippen LogP contribution is -2.26. The third-order valence-corrected chi connectivity index (χ3v) is 4.54. The van der Waals surface area contributed by atoms with E-state index in [1.165, 1.54) is 12.8 Å². The van der Waals surface area contributed by atoms with E-state index in [1.54, 1.807) is 0 Å². The number of ether oxygens (including phenoxy) is 1. The van der Waals surface area contributed by atoms with Crippen LogP contribution in [0.1, 0.15) is 24.0 Å². The van der Waals surface area contributed by atoms with Crippen LogP contribution in [0.2, 0.25) is 5.02 Å². The van der Waals surface area contributed by atoms with Crippen LogP contribution in [0.5, 0.6) is 5.75 Å². The fourth-order valence-corrected chi connectivity index (χ4v) is 3.00. The molecule has 1 heterocycles. The van der Waals surface area contributed by atoms with E-state index in [9.17, 15) is 0 Å². The van der Waals surface area contributed by atoms with Gasteiger partial charge in [-0.2, -0.15) is 0 Å². The molecule has 1 fully saturated rings. The number of halogens is 1. The molecule has 0 unspecified atom stereocenters. The molecule has 1 saturated heterocycles. The van der Waals surface area contributed by atoms with Crippen LogP contribution in [0, 0.1) is 0 Å². The highest BCUT2D eigenvalue weighted by Crippen LogP contribution is 2.20. The van der Waals surface area contributed by atoms with Crippen molar-refractivity contribution in [3.8, 4) is 5.75 Å². The smallest absolute Gasteiger partial charge is 0.120 e. The van der Waals surface area contributed by atoms with Gasteiger partial charge in [-0.3, -0.25) is 0 Å². The summed E-state index contributed by atoms with van der Waals surface area (Å²) in [5.74, 6) is 0.842. The van der Waals surface area contributed by atoms with Crippen molar-refractivity contribution in [3.05, 3.63) is 64.7 Å². The zero-order valence-electron chi connectivity index (χ0n) is 12.3. The summed E-state index contributed by atoms with van der Waals surface area (Å²) in [4.78, 5) is 3.20. The van der Waals surface area contributed by atoms with Gasteiger partial charge >= 0.3 is 0 Å². The van der Waals surface area contributed by atoms with Gasteiger partial charge in [0.15, 0.2) is 0 Å².